The molecule has 1 aromatic carbocycles. The largest absolute Gasteiger partial charge is 0.493 e. The van der Waals surface area contributed by atoms with Crippen LogP contribution in [0.3, 0.4) is 0 Å². The average Bonchev–Trinajstić information content (AvgIpc) is 2.27. The highest BCUT2D eigenvalue weighted by molar-refractivity contribution is 5.46. The zero-order chi connectivity index (χ0) is 12.7. The maximum absolute atomic E-state index is 5.64. The number of anilines is 1. The number of ether oxygens (including phenoxy) is 1. The molecule has 0 heterocycles. The van der Waals surface area contributed by atoms with Crippen molar-refractivity contribution < 1.29 is 4.74 Å². The second-order valence-corrected chi connectivity index (χ2v) is 5.34. The second kappa shape index (κ2) is 7.21. The maximum atomic E-state index is 5.64. The standard InChI is InChI=1S/C15H25NO/c1-12(2)9-10-16-14-5-7-15(8-6-14)17-11-13(3)4/h5-8,12-13,16H,9-11H2,1-4H3. The minimum absolute atomic E-state index is 0.568. The number of benzene rings is 1. The molecular formula is C15H25NO. The smallest absolute Gasteiger partial charge is 0.119 e. The van der Waals surface area contributed by atoms with E-state index in [1.54, 1.807) is 0 Å². The van der Waals surface area contributed by atoms with Crippen molar-refractivity contribution in [3.63, 3.8) is 0 Å². The van der Waals surface area contributed by atoms with E-state index in [1.807, 2.05) is 12.1 Å². The summed E-state index contributed by atoms with van der Waals surface area (Å²) in [6.45, 7) is 10.6. The normalized spacial score (nSPS) is 10.9. The molecule has 0 radical (unpaired) electrons. The van der Waals surface area contributed by atoms with E-state index in [4.69, 9.17) is 4.74 Å². The summed E-state index contributed by atoms with van der Waals surface area (Å²) in [6, 6.07) is 8.21. The third-order valence-electron chi connectivity index (χ3n) is 2.49. The number of nitrogens with one attached hydrogen (secondary N) is 1. The lowest BCUT2D eigenvalue weighted by molar-refractivity contribution is 0.271. The fourth-order valence-electron chi connectivity index (χ4n) is 1.44. The van der Waals surface area contributed by atoms with Crippen LogP contribution in [0.25, 0.3) is 0 Å². The molecule has 0 saturated heterocycles. The Morgan fingerprint density at radius 3 is 2.18 bits per heavy atom. The van der Waals surface area contributed by atoms with Gasteiger partial charge in [0.05, 0.1) is 6.61 Å². The lowest BCUT2D eigenvalue weighted by Gasteiger charge is -2.11. The number of hydrogen-bond donors (Lipinski definition) is 1. The van der Waals surface area contributed by atoms with E-state index in [9.17, 15) is 0 Å². The van der Waals surface area contributed by atoms with Crippen molar-refractivity contribution in [3.8, 4) is 5.75 Å². The highest BCUT2D eigenvalue weighted by Crippen LogP contribution is 2.16. The Balaban J connectivity index is 2.34. The molecule has 0 aliphatic carbocycles. The summed E-state index contributed by atoms with van der Waals surface area (Å²) in [7, 11) is 0. The Hall–Kier alpha value is -1.18. The summed E-state index contributed by atoms with van der Waals surface area (Å²) in [5, 5.41) is 3.41. The van der Waals surface area contributed by atoms with Crippen molar-refractivity contribution in [1.82, 2.24) is 0 Å². The summed E-state index contributed by atoms with van der Waals surface area (Å²) in [4.78, 5) is 0. The first-order valence-corrected chi connectivity index (χ1v) is 6.54. The van der Waals surface area contributed by atoms with Crippen LogP contribution in [0.15, 0.2) is 24.3 Å². The van der Waals surface area contributed by atoms with Crippen molar-refractivity contribution in [2.24, 2.45) is 11.8 Å². The molecule has 0 aliphatic heterocycles. The van der Waals surface area contributed by atoms with Crippen LogP contribution in [0, 0.1) is 11.8 Å². The lowest BCUT2D eigenvalue weighted by Crippen LogP contribution is -2.06. The molecule has 0 unspecified atom stereocenters. The summed E-state index contributed by atoms with van der Waals surface area (Å²) in [5.41, 5.74) is 1.17. The van der Waals surface area contributed by atoms with Crippen LogP contribution in [0.2, 0.25) is 0 Å². The van der Waals surface area contributed by atoms with Crippen LogP contribution < -0.4 is 10.1 Å². The fourth-order valence-corrected chi connectivity index (χ4v) is 1.44. The molecule has 0 amide bonds. The van der Waals surface area contributed by atoms with Gasteiger partial charge in [-0.05, 0) is 42.5 Å². The molecular weight excluding hydrogens is 210 g/mol. The van der Waals surface area contributed by atoms with E-state index in [0.29, 0.717) is 5.92 Å². The SMILES string of the molecule is CC(C)CCNc1ccc(OCC(C)C)cc1. The zero-order valence-corrected chi connectivity index (χ0v) is 11.5. The molecule has 0 fully saturated rings. The van der Waals surface area contributed by atoms with Crippen molar-refractivity contribution in [1.29, 1.82) is 0 Å². The van der Waals surface area contributed by atoms with E-state index in [-0.39, 0.29) is 0 Å². The second-order valence-electron chi connectivity index (χ2n) is 5.34. The van der Waals surface area contributed by atoms with Crippen LogP contribution >= 0.6 is 0 Å². The van der Waals surface area contributed by atoms with Crippen molar-refractivity contribution in [2.75, 3.05) is 18.5 Å². The maximum Gasteiger partial charge on any atom is 0.119 e. The molecule has 0 aliphatic rings. The van der Waals surface area contributed by atoms with E-state index >= 15 is 0 Å². The van der Waals surface area contributed by atoms with Gasteiger partial charge >= 0.3 is 0 Å². The van der Waals surface area contributed by atoms with Crippen molar-refractivity contribution in [2.45, 2.75) is 34.1 Å². The zero-order valence-electron chi connectivity index (χ0n) is 11.5. The molecule has 1 N–H and O–H groups in total. The molecule has 0 aromatic heterocycles. The van der Waals surface area contributed by atoms with E-state index in [1.165, 1.54) is 12.1 Å². The van der Waals surface area contributed by atoms with Crippen molar-refractivity contribution in [3.05, 3.63) is 24.3 Å². The Kier molecular flexibility index (Phi) is 5.88. The topological polar surface area (TPSA) is 21.3 Å². The minimum Gasteiger partial charge on any atom is -0.493 e. The number of rotatable bonds is 7. The van der Waals surface area contributed by atoms with Crippen LogP contribution in [-0.4, -0.2) is 13.2 Å². The average molecular weight is 235 g/mol. The number of hydrogen-bond acceptors (Lipinski definition) is 2. The van der Waals surface area contributed by atoms with Gasteiger partial charge in [-0.3, -0.25) is 0 Å². The highest BCUT2D eigenvalue weighted by atomic mass is 16.5. The van der Waals surface area contributed by atoms with Gasteiger partial charge in [0.15, 0.2) is 0 Å². The summed E-state index contributed by atoms with van der Waals surface area (Å²) in [6.07, 6.45) is 1.20. The van der Waals surface area contributed by atoms with Gasteiger partial charge in [-0.25, -0.2) is 0 Å². The van der Waals surface area contributed by atoms with Gasteiger partial charge < -0.3 is 10.1 Å². The molecule has 0 atom stereocenters. The molecule has 0 spiro atoms. The van der Waals surface area contributed by atoms with Gasteiger partial charge in [-0.1, -0.05) is 27.7 Å². The molecule has 1 rings (SSSR count). The first-order chi connectivity index (χ1) is 8.08. The fraction of sp³-hybridized carbons (Fsp3) is 0.600. The van der Waals surface area contributed by atoms with Crippen molar-refractivity contribution >= 4 is 5.69 Å². The van der Waals surface area contributed by atoms with Crippen LogP contribution in [0.4, 0.5) is 5.69 Å². The lowest BCUT2D eigenvalue weighted by atomic mass is 10.1. The Morgan fingerprint density at radius 2 is 1.65 bits per heavy atom. The Morgan fingerprint density at radius 1 is 1.00 bits per heavy atom. The van der Waals surface area contributed by atoms with E-state index < -0.39 is 0 Å². The molecule has 17 heavy (non-hydrogen) atoms. The molecule has 2 heteroatoms. The van der Waals surface area contributed by atoms with Gasteiger partial charge in [-0.15, -0.1) is 0 Å². The van der Waals surface area contributed by atoms with E-state index in [0.717, 1.165) is 24.8 Å². The summed E-state index contributed by atoms with van der Waals surface area (Å²) in [5.74, 6) is 2.27. The van der Waals surface area contributed by atoms with Crippen LogP contribution in [0.5, 0.6) is 5.75 Å². The van der Waals surface area contributed by atoms with Gasteiger partial charge in [0.25, 0.3) is 0 Å². The minimum atomic E-state index is 0.568. The monoisotopic (exact) mass is 235 g/mol. The molecule has 1 aromatic rings. The molecule has 2 nitrogen and oxygen atoms in total. The Bertz CT molecular complexity index is 303. The summed E-state index contributed by atoms with van der Waals surface area (Å²) >= 11 is 0. The quantitative estimate of drug-likeness (QED) is 0.765. The van der Waals surface area contributed by atoms with Gasteiger partial charge in [0.2, 0.25) is 0 Å². The third-order valence-corrected chi connectivity index (χ3v) is 2.49. The van der Waals surface area contributed by atoms with Crippen LogP contribution in [0.1, 0.15) is 34.1 Å². The first-order valence-electron chi connectivity index (χ1n) is 6.54. The predicted octanol–water partition coefficient (Wildman–Crippen LogP) is 4.18. The van der Waals surface area contributed by atoms with E-state index in [2.05, 4.69) is 45.1 Å². The highest BCUT2D eigenvalue weighted by Gasteiger charge is 1.98. The van der Waals surface area contributed by atoms with Gasteiger partial charge in [0, 0.05) is 12.2 Å². The van der Waals surface area contributed by atoms with Gasteiger partial charge in [-0.2, -0.15) is 0 Å². The molecule has 0 bridgehead atoms. The molecule has 96 valence electrons. The van der Waals surface area contributed by atoms with Gasteiger partial charge in [0.1, 0.15) is 5.75 Å². The third kappa shape index (κ3) is 6.20. The molecule has 0 saturated carbocycles. The Labute approximate surface area is 105 Å². The van der Waals surface area contributed by atoms with Crippen LogP contribution in [-0.2, 0) is 0 Å². The predicted molar refractivity (Wildman–Crippen MR) is 74.7 cm³/mol. The summed E-state index contributed by atoms with van der Waals surface area (Å²) < 4.78 is 5.64. The first kappa shape index (κ1) is 13.9.